The average Bonchev–Trinajstić information content (AvgIpc) is 2.43. The van der Waals surface area contributed by atoms with Gasteiger partial charge >= 0.3 is 0 Å². The lowest BCUT2D eigenvalue weighted by Crippen LogP contribution is -2.14. The van der Waals surface area contributed by atoms with Crippen LogP contribution in [0.2, 0.25) is 5.02 Å². The van der Waals surface area contributed by atoms with Crippen LogP contribution >= 0.6 is 27.5 Å². The van der Waals surface area contributed by atoms with E-state index in [1.807, 2.05) is 18.2 Å². The van der Waals surface area contributed by atoms with Gasteiger partial charge in [0.25, 0.3) is 0 Å². The predicted molar refractivity (Wildman–Crippen MR) is 82.7 cm³/mol. The third-order valence-electron chi connectivity index (χ3n) is 3.08. The van der Waals surface area contributed by atoms with Gasteiger partial charge in [0.1, 0.15) is 11.6 Å². The molecule has 0 aliphatic carbocycles. The summed E-state index contributed by atoms with van der Waals surface area (Å²) in [5.41, 5.74) is 7.79. The summed E-state index contributed by atoms with van der Waals surface area (Å²) in [7, 11) is 1.60. The molecule has 2 N–H and O–H groups in total. The Morgan fingerprint density at radius 2 is 2.10 bits per heavy atom. The van der Waals surface area contributed by atoms with Crippen molar-refractivity contribution >= 4 is 27.5 Å². The van der Waals surface area contributed by atoms with Crippen molar-refractivity contribution in [3.05, 3.63) is 62.8 Å². The molecule has 0 aliphatic rings. The Morgan fingerprint density at radius 3 is 2.75 bits per heavy atom. The monoisotopic (exact) mass is 357 g/mol. The molecule has 2 aromatic rings. The number of benzene rings is 2. The topological polar surface area (TPSA) is 35.2 Å². The number of rotatable bonds is 4. The predicted octanol–water partition coefficient (Wildman–Crippen LogP) is 4.49. The van der Waals surface area contributed by atoms with Crippen LogP contribution in [-0.2, 0) is 6.42 Å². The van der Waals surface area contributed by atoms with Crippen molar-refractivity contribution in [1.29, 1.82) is 0 Å². The maximum absolute atomic E-state index is 13.4. The number of hydrogen-bond acceptors (Lipinski definition) is 2. The fraction of sp³-hybridized carbons (Fsp3) is 0.200. The third-order valence-corrected chi connectivity index (χ3v) is 4.12. The van der Waals surface area contributed by atoms with E-state index in [0.29, 0.717) is 12.0 Å². The fourth-order valence-corrected chi connectivity index (χ4v) is 2.74. The summed E-state index contributed by atoms with van der Waals surface area (Å²) in [6, 6.07) is 10.1. The first-order chi connectivity index (χ1) is 9.52. The third kappa shape index (κ3) is 3.32. The summed E-state index contributed by atoms with van der Waals surface area (Å²) in [5, 5.41) is 0.135. The zero-order valence-electron chi connectivity index (χ0n) is 10.9. The SMILES string of the molecule is COc1ccc(C(N)Cc2cccc(F)c2Cl)cc1Br. The normalized spacial score (nSPS) is 12.2. The highest BCUT2D eigenvalue weighted by Crippen LogP contribution is 2.30. The molecule has 1 unspecified atom stereocenters. The molecule has 2 rings (SSSR count). The van der Waals surface area contributed by atoms with Crippen LogP contribution in [-0.4, -0.2) is 7.11 Å². The van der Waals surface area contributed by atoms with Crippen LogP contribution in [0.25, 0.3) is 0 Å². The second-order valence-electron chi connectivity index (χ2n) is 4.42. The molecule has 20 heavy (non-hydrogen) atoms. The van der Waals surface area contributed by atoms with E-state index in [1.165, 1.54) is 6.07 Å². The minimum atomic E-state index is -0.424. The summed E-state index contributed by atoms with van der Waals surface area (Å²) < 4.78 is 19.4. The lowest BCUT2D eigenvalue weighted by Gasteiger charge is -2.15. The molecule has 5 heteroatoms. The zero-order valence-corrected chi connectivity index (χ0v) is 13.2. The van der Waals surface area contributed by atoms with E-state index >= 15 is 0 Å². The second-order valence-corrected chi connectivity index (χ2v) is 5.65. The van der Waals surface area contributed by atoms with Gasteiger partial charge in [-0.25, -0.2) is 4.39 Å². The second kappa shape index (κ2) is 6.57. The van der Waals surface area contributed by atoms with Crippen molar-refractivity contribution in [2.24, 2.45) is 5.73 Å². The molecule has 0 heterocycles. The van der Waals surface area contributed by atoms with Gasteiger partial charge in [-0.2, -0.15) is 0 Å². The maximum Gasteiger partial charge on any atom is 0.142 e. The standard InChI is InChI=1S/C15H14BrClFNO/c1-20-14-6-5-9(7-11(14)16)13(19)8-10-3-2-4-12(18)15(10)17/h2-7,13H,8,19H2,1H3. The first-order valence-electron chi connectivity index (χ1n) is 6.05. The molecular formula is C15H14BrClFNO. The minimum Gasteiger partial charge on any atom is -0.496 e. The molecular weight excluding hydrogens is 345 g/mol. The van der Waals surface area contributed by atoms with Crippen molar-refractivity contribution in [3.63, 3.8) is 0 Å². The Kier molecular flexibility index (Phi) is 5.02. The van der Waals surface area contributed by atoms with E-state index < -0.39 is 5.82 Å². The van der Waals surface area contributed by atoms with E-state index in [2.05, 4.69) is 15.9 Å². The van der Waals surface area contributed by atoms with Crippen LogP contribution in [0.5, 0.6) is 5.75 Å². The lowest BCUT2D eigenvalue weighted by atomic mass is 9.99. The largest absolute Gasteiger partial charge is 0.496 e. The molecule has 1 atom stereocenters. The molecule has 0 radical (unpaired) electrons. The lowest BCUT2D eigenvalue weighted by molar-refractivity contribution is 0.412. The maximum atomic E-state index is 13.4. The van der Waals surface area contributed by atoms with Gasteiger partial charge in [0, 0.05) is 6.04 Å². The van der Waals surface area contributed by atoms with E-state index in [9.17, 15) is 4.39 Å². The van der Waals surface area contributed by atoms with Gasteiger partial charge in [0.15, 0.2) is 0 Å². The quantitative estimate of drug-likeness (QED) is 0.874. The fourth-order valence-electron chi connectivity index (χ4n) is 1.97. The molecule has 0 aromatic heterocycles. The molecule has 0 bridgehead atoms. The van der Waals surface area contributed by atoms with Crippen LogP contribution in [0.1, 0.15) is 17.2 Å². The zero-order chi connectivity index (χ0) is 14.7. The first-order valence-corrected chi connectivity index (χ1v) is 7.22. The van der Waals surface area contributed by atoms with Gasteiger partial charge < -0.3 is 10.5 Å². The van der Waals surface area contributed by atoms with Crippen molar-refractivity contribution < 1.29 is 9.13 Å². The number of nitrogens with two attached hydrogens (primary N) is 1. The Hall–Kier alpha value is -1.10. The van der Waals surface area contributed by atoms with Crippen molar-refractivity contribution in [2.75, 3.05) is 7.11 Å². The number of methoxy groups -OCH3 is 1. The molecule has 0 fully saturated rings. The van der Waals surface area contributed by atoms with Gasteiger partial charge in [0.2, 0.25) is 0 Å². The Labute approximate surface area is 130 Å². The Morgan fingerprint density at radius 1 is 1.35 bits per heavy atom. The molecule has 2 aromatic carbocycles. The highest BCUT2D eigenvalue weighted by molar-refractivity contribution is 9.10. The van der Waals surface area contributed by atoms with E-state index in [0.717, 1.165) is 15.8 Å². The highest BCUT2D eigenvalue weighted by atomic mass is 79.9. The van der Waals surface area contributed by atoms with Crippen LogP contribution in [0.4, 0.5) is 4.39 Å². The first kappa shape index (κ1) is 15.3. The van der Waals surface area contributed by atoms with Crippen molar-refractivity contribution in [3.8, 4) is 5.75 Å². The Balaban J connectivity index is 2.21. The molecule has 0 saturated heterocycles. The van der Waals surface area contributed by atoms with Crippen molar-refractivity contribution in [2.45, 2.75) is 12.5 Å². The highest BCUT2D eigenvalue weighted by Gasteiger charge is 2.13. The van der Waals surface area contributed by atoms with Crippen molar-refractivity contribution in [1.82, 2.24) is 0 Å². The van der Waals surface area contributed by atoms with Crippen LogP contribution in [0.15, 0.2) is 40.9 Å². The van der Waals surface area contributed by atoms with Crippen LogP contribution < -0.4 is 10.5 Å². The summed E-state index contributed by atoms with van der Waals surface area (Å²) >= 11 is 9.36. The summed E-state index contributed by atoms with van der Waals surface area (Å²) in [6.07, 6.45) is 0.468. The molecule has 0 aliphatic heterocycles. The molecule has 106 valence electrons. The van der Waals surface area contributed by atoms with E-state index in [4.69, 9.17) is 22.1 Å². The number of hydrogen-bond donors (Lipinski definition) is 1. The van der Waals surface area contributed by atoms with Gasteiger partial charge in [-0.05, 0) is 51.7 Å². The molecule has 0 spiro atoms. The minimum absolute atomic E-state index is 0.135. The van der Waals surface area contributed by atoms with Crippen LogP contribution in [0.3, 0.4) is 0 Å². The summed E-state index contributed by atoms with van der Waals surface area (Å²) in [4.78, 5) is 0. The number of halogens is 3. The molecule has 0 amide bonds. The molecule has 2 nitrogen and oxygen atoms in total. The summed E-state index contributed by atoms with van der Waals surface area (Å²) in [6.45, 7) is 0. The van der Waals surface area contributed by atoms with Gasteiger partial charge in [-0.3, -0.25) is 0 Å². The smallest absolute Gasteiger partial charge is 0.142 e. The van der Waals surface area contributed by atoms with Gasteiger partial charge in [-0.15, -0.1) is 0 Å². The Bertz CT molecular complexity index is 621. The number of ether oxygens (including phenoxy) is 1. The molecule has 0 saturated carbocycles. The van der Waals surface area contributed by atoms with Gasteiger partial charge in [0.05, 0.1) is 16.6 Å². The summed E-state index contributed by atoms with van der Waals surface area (Å²) in [5.74, 6) is 0.317. The van der Waals surface area contributed by atoms with E-state index in [-0.39, 0.29) is 11.1 Å². The van der Waals surface area contributed by atoms with Crippen LogP contribution in [0, 0.1) is 5.82 Å². The van der Waals surface area contributed by atoms with Gasteiger partial charge in [-0.1, -0.05) is 29.8 Å². The average molecular weight is 359 g/mol. The van der Waals surface area contributed by atoms with E-state index in [1.54, 1.807) is 19.2 Å².